The van der Waals surface area contributed by atoms with E-state index in [4.69, 9.17) is 11.6 Å². The molecule has 0 amide bonds. The van der Waals surface area contributed by atoms with Crippen LogP contribution in [0.15, 0.2) is 57.1 Å². The maximum atomic E-state index is 12.5. The molecule has 3 nitrogen and oxygen atoms in total. The molecule has 120 valence electrons. The number of H-pyrrole nitrogens is 1. The third-order valence-corrected chi connectivity index (χ3v) is 6.43. The van der Waals surface area contributed by atoms with Crippen LogP contribution in [0, 0.1) is 0 Å². The fourth-order valence-electron chi connectivity index (χ4n) is 2.39. The number of thiophene rings is 2. The highest BCUT2D eigenvalue weighted by molar-refractivity contribution is 7.98. The highest BCUT2D eigenvalue weighted by Crippen LogP contribution is 2.34. The van der Waals surface area contributed by atoms with Crippen molar-refractivity contribution in [3.05, 3.63) is 68.1 Å². The predicted molar refractivity (Wildman–Crippen MR) is 105 cm³/mol. The number of aromatic nitrogens is 2. The molecule has 0 aliphatic heterocycles. The third kappa shape index (κ3) is 3.15. The molecule has 4 aromatic rings. The molecule has 0 atom stereocenters. The van der Waals surface area contributed by atoms with E-state index in [0.29, 0.717) is 21.3 Å². The molecule has 7 heteroatoms. The van der Waals surface area contributed by atoms with E-state index in [2.05, 4.69) is 9.97 Å². The monoisotopic (exact) mass is 390 g/mol. The van der Waals surface area contributed by atoms with Gasteiger partial charge in [-0.1, -0.05) is 41.6 Å². The Kier molecular flexibility index (Phi) is 4.45. The third-order valence-electron chi connectivity index (χ3n) is 3.47. The van der Waals surface area contributed by atoms with Crippen LogP contribution in [0.2, 0.25) is 5.02 Å². The van der Waals surface area contributed by atoms with E-state index >= 15 is 0 Å². The van der Waals surface area contributed by atoms with Gasteiger partial charge in [-0.25, -0.2) is 4.98 Å². The van der Waals surface area contributed by atoms with E-state index in [1.54, 1.807) is 11.3 Å². The summed E-state index contributed by atoms with van der Waals surface area (Å²) in [4.78, 5) is 21.9. The Morgan fingerprint density at radius 3 is 2.92 bits per heavy atom. The van der Waals surface area contributed by atoms with Crippen LogP contribution in [0.1, 0.15) is 5.56 Å². The molecule has 0 fully saturated rings. The number of nitrogens with zero attached hydrogens (tertiary/aromatic N) is 1. The number of hydrogen-bond donors (Lipinski definition) is 1. The summed E-state index contributed by atoms with van der Waals surface area (Å²) in [6.45, 7) is 0. The molecule has 3 aromatic heterocycles. The van der Waals surface area contributed by atoms with Gasteiger partial charge in [-0.2, -0.15) is 0 Å². The Morgan fingerprint density at radius 1 is 1.21 bits per heavy atom. The molecular formula is C17H11ClN2OS3. The molecule has 0 bridgehead atoms. The van der Waals surface area contributed by atoms with Gasteiger partial charge in [-0.15, -0.1) is 22.7 Å². The molecule has 24 heavy (non-hydrogen) atoms. The van der Waals surface area contributed by atoms with Crippen molar-refractivity contribution in [2.75, 3.05) is 0 Å². The van der Waals surface area contributed by atoms with Gasteiger partial charge < -0.3 is 4.98 Å². The van der Waals surface area contributed by atoms with Crippen LogP contribution in [-0.2, 0) is 5.75 Å². The standard InChI is InChI=1S/C17H11ClN2OS3/c18-11-4-1-3-10(7-11)8-24-17-19-15(21)14-12(9-23-16(14)20-17)13-5-2-6-22-13/h1-7,9H,8H2,(H,19,20,21). The molecule has 0 radical (unpaired) electrons. The van der Waals surface area contributed by atoms with E-state index in [9.17, 15) is 4.79 Å². The first-order chi connectivity index (χ1) is 11.7. The molecule has 1 aromatic carbocycles. The minimum atomic E-state index is -0.0850. The van der Waals surface area contributed by atoms with Crippen LogP contribution in [-0.4, -0.2) is 9.97 Å². The van der Waals surface area contributed by atoms with Gasteiger partial charge in [0.25, 0.3) is 5.56 Å². The zero-order chi connectivity index (χ0) is 16.5. The Labute approximate surface area is 155 Å². The predicted octanol–water partition coefficient (Wildman–Crippen LogP) is 5.66. The normalized spacial score (nSPS) is 11.2. The molecule has 0 unspecified atom stereocenters. The van der Waals surface area contributed by atoms with E-state index < -0.39 is 0 Å². The van der Waals surface area contributed by atoms with Gasteiger partial charge in [0.2, 0.25) is 0 Å². The average molecular weight is 391 g/mol. The fraction of sp³-hybridized carbons (Fsp3) is 0.0588. The van der Waals surface area contributed by atoms with Gasteiger partial charge in [-0.3, -0.25) is 4.79 Å². The van der Waals surface area contributed by atoms with Gasteiger partial charge in [-0.05, 0) is 29.1 Å². The van der Waals surface area contributed by atoms with Gasteiger partial charge in [0.15, 0.2) is 5.16 Å². The van der Waals surface area contributed by atoms with Crippen LogP contribution in [0.5, 0.6) is 0 Å². The molecule has 0 aliphatic rings. The van der Waals surface area contributed by atoms with Gasteiger partial charge in [0.05, 0.1) is 5.39 Å². The second kappa shape index (κ2) is 6.72. The summed E-state index contributed by atoms with van der Waals surface area (Å²) in [5, 5.41) is 6.03. The first-order valence-electron chi connectivity index (χ1n) is 7.13. The highest BCUT2D eigenvalue weighted by atomic mass is 35.5. The largest absolute Gasteiger partial charge is 0.301 e. The summed E-state index contributed by atoms with van der Waals surface area (Å²) in [7, 11) is 0. The van der Waals surface area contributed by atoms with Gasteiger partial charge in [0.1, 0.15) is 4.83 Å². The zero-order valence-electron chi connectivity index (χ0n) is 12.3. The topological polar surface area (TPSA) is 45.8 Å². The number of fused-ring (bicyclic) bond motifs is 1. The van der Waals surface area contributed by atoms with Crippen LogP contribution < -0.4 is 5.56 Å². The van der Waals surface area contributed by atoms with Crippen molar-refractivity contribution in [1.82, 2.24) is 9.97 Å². The lowest BCUT2D eigenvalue weighted by Gasteiger charge is -2.02. The van der Waals surface area contributed by atoms with Gasteiger partial charge in [0, 0.05) is 26.6 Å². The Morgan fingerprint density at radius 2 is 2.12 bits per heavy atom. The first kappa shape index (κ1) is 15.9. The zero-order valence-corrected chi connectivity index (χ0v) is 15.5. The maximum Gasteiger partial charge on any atom is 0.260 e. The molecule has 0 saturated carbocycles. The number of hydrogen-bond acceptors (Lipinski definition) is 5. The summed E-state index contributed by atoms with van der Waals surface area (Å²) in [5.74, 6) is 0.707. The summed E-state index contributed by atoms with van der Waals surface area (Å²) < 4.78 is 0. The van der Waals surface area contributed by atoms with Crippen molar-refractivity contribution in [2.24, 2.45) is 0 Å². The second-order valence-electron chi connectivity index (χ2n) is 5.10. The summed E-state index contributed by atoms with van der Waals surface area (Å²) >= 11 is 10.6. The SMILES string of the molecule is O=c1[nH]c(SCc2cccc(Cl)c2)nc2scc(-c3cccs3)c12. The Hall–Kier alpha value is -1.60. The van der Waals surface area contributed by atoms with E-state index in [1.165, 1.54) is 23.1 Å². The number of halogens is 1. The van der Waals surface area contributed by atoms with Crippen molar-refractivity contribution in [3.63, 3.8) is 0 Å². The molecular weight excluding hydrogens is 380 g/mol. The quantitative estimate of drug-likeness (QED) is 0.361. The molecule has 0 saturated heterocycles. The molecule has 1 N–H and O–H groups in total. The summed E-state index contributed by atoms with van der Waals surface area (Å²) in [6, 6.07) is 11.7. The van der Waals surface area contributed by atoms with Crippen molar-refractivity contribution in [1.29, 1.82) is 0 Å². The molecule has 4 rings (SSSR count). The van der Waals surface area contributed by atoms with Crippen LogP contribution >= 0.6 is 46.0 Å². The summed E-state index contributed by atoms with van der Waals surface area (Å²) in [5.41, 5.74) is 1.98. The van der Waals surface area contributed by atoms with E-state index in [-0.39, 0.29) is 5.56 Å². The average Bonchev–Trinajstić information content (AvgIpc) is 3.22. The number of rotatable bonds is 4. The van der Waals surface area contributed by atoms with E-state index in [0.717, 1.165) is 20.8 Å². The maximum absolute atomic E-state index is 12.5. The van der Waals surface area contributed by atoms with Crippen molar-refractivity contribution < 1.29 is 0 Å². The van der Waals surface area contributed by atoms with E-state index in [1.807, 2.05) is 47.2 Å². The minimum absolute atomic E-state index is 0.0850. The lowest BCUT2D eigenvalue weighted by Crippen LogP contribution is -2.08. The van der Waals surface area contributed by atoms with Crippen LogP contribution in [0.25, 0.3) is 20.7 Å². The van der Waals surface area contributed by atoms with Crippen molar-refractivity contribution in [2.45, 2.75) is 10.9 Å². The van der Waals surface area contributed by atoms with Crippen LogP contribution in [0.4, 0.5) is 0 Å². The smallest absolute Gasteiger partial charge is 0.260 e. The number of aromatic amines is 1. The minimum Gasteiger partial charge on any atom is -0.301 e. The number of nitrogens with one attached hydrogen (secondary N) is 1. The lowest BCUT2D eigenvalue weighted by atomic mass is 10.2. The Bertz CT molecular complexity index is 1050. The Balaban J connectivity index is 1.65. The fourth-order valence-corrected chi connectivity index (χ4v) is 5.23. The van der Waals surface area contributed by atoms with Crippen molar-refractivity contribution >= 4 is 56.3 Å². The first-order valence-corrected chi connectivity index (χ1v) is 10.3. The molecule has 3 heterocycles. The molecule has 0 aliphatic carbocycles. The molecule has 0 spiro atoms. The van der Waals surface area contributed by atoms with Crippen molar-refractivity contribution in [3.8, 4) is 10.4 Å². The van der Waals surface area contributed by atoms with Gasteiger partial charge >= 0.3 is 0 Å². The number of thioether (sulfide) groups is 1. The highest BCUT2D eigenvalue weighted by Gasteiger charge is 2.13. The van der Waals surface area contributed by atoms with Crippen LogP contribution in [0.3, 0.4) is 0 Å². The second-order valence-corrected chi connectivity index (χ2v) is 8.30. The summed E-state index contributed by atoms with van der Waals surface area (Å²) in [6.07, 6.45) is 0. The number of benzene rings is 1. The lowest BCUT2D eigenvalue weighted by molar-refractivity contribution is 0.980.